The Labute approximate surface area is 87.9 Å². The summed E-state index contributed by atoms with van der Waals surface area (Å²) < 4.78 is 12.9. The van der Waals surface area contributed by atoms with E-state index in [1.807, 2.05) is 30.3 Å². The third-order valence-corrected chi connectivity index (χ3v) is 2.43. The molecule has 2 heteroatoms. The molecule has 0 aliphatic heterocycles. The first-order valence-electron chi connectivity index (χ1n) is 4.89. The van der Waals surface area contributed by atoms with Crippen molar-refractivity contribution in [2.45, 2.75) is 6.42 Å². The van der Waals surface area contributed by atoms with Crippen LogP contribution in [0.1, 0.15) is 5.56 Å². The zero-order valence-electron chi connectivity index (χ0n) is 8.19. The molecule has 0 radical (unpaired) electrons. The van der Waals surface area contributed by atoms with Gasteiger partial charge in [-0.1, -0.05) is 30.3 Å². The van der Waals surface area contributed by atoms with E-state index in [4.69, 9.17) is 0 Å². The molecule has 1 nitrogen and oxygen atoms in total. The van der Waals surface area contributed by atoms with Gasteiger partial charge in [0.05, 0.1) is 0 Å². The number of carbonyl (C=O) groups is 1. The highest BCUT2D eigenvalue weighted by Gasteiger charge is 2.18. The summed E-state index contributed by atoms with van der Waals surface area (Å²) >= 11 is 0. The minimum Gasteiger partial charge on any atom is -0.294 e. The van der Waals surface area contributed by atoms with Gasteiger partial charge in [-0.15, -0.1) is 0 Å². The minimum absolute atomic E-state index is 0.0275. The maximum atomic E-state index is 12.9. The molecule has 0 heterocycles. The lowest BCUT2D eigenvalue weighted by atomic mass is 9.92. The number of benzene rings is 1. The first-order chi connectivity index (χ1) is 7.25. The van der Waals surface area contributed by atoms with Crippen molar-refractivity contribution >= 4 is 5.78 Å². The van der Waals surface area contributed by atoms with Crippen LogP contribution in [0.2, 0.25) is 0 Å². The highest BCUT2D eigenvalue weighted by molar-refractivity contribution is 5.94. The predicted octanol–water partition coefficient (Wildman–Crippen LogP) is 2.84. The van der Waals surface area contributed by atoms with Crippen molar-refractivity contribution in [1.82, 2.24) is 0 Å². The van der Waals surface area contributed by atoms with Gasteiger partial charge in [-0.2, -0.15) is 0 Å². The van der Waals surface area contributed by atoms with Gasteiger partial charge in [0.1, 0.15) is 5.83 Å². The van der Waals surface area contributed by atoms with Crippen molar-refractivity contribution < 1.29 is 9.18 Å². The molecule has 1 aromatic rings. The minimum atomic E-state index is -0.350. The molecule has 1 aliphatic rings. The monoisotopic (exact) mass is 202 g/mol. The van der Waals surface area contributed by atoms with Gasteiger partial charge in [0.2, 0.25) is 0 Å². The molecular formula is C13H11FO. The standard InChI is InChI=1S/C13H11FO/c14-12-6-7-13(15)11(9-12)8-10-4-2-1-3-5-10/h1-7,9,11H,8H2. The number of hydrogen-bond donors (Lipinski definition) is 0. The summed E-state index contributed by atoms with van der Waals surface area (Å²) in [5, 5.41) is 0. The molecule has 1 aliphatic carbocycles. The summed E-state index contributed by atoms with van der Waals surface area (Å²) in [5.74, 6) is -0.701. The fourth-order valence-electron chi connectivity index (χ4n) is 1.64. The number of halogens is 1. The van der Waals surface area contributed by atoms with E-state index in [0.717, 1.165) is 5.56 Å². The summed E-state index contributed by atoms with van der Waals surface area (Å²) in [4.78, 5) is 11.4. The Bertz CT molecular complexity index is 417. The molecular weight excluding hydrogens is 191 g/mol. The average Bonchev–Trinajstić information content (AvgIpc) is 2.25. The molecule has 76 valence electrons. The number of carbonyl (C=O) groups excluding carboxylic acids is 1. The van der Waals surface area contributed by atoms with Gasteiger partial charge in [-0.25, -0.2) is 4.39 Å². The second-order valence-corrected chi connectivity index (χ2v) is 3.58. The van der Waals surface area contributed by atoms with E-state index < -0.39 is 0 Å². The Hall–Kier alpha value is -1.70. The molecule has 0 fully saturated rings. The first kappa shape index (κ1) is 9.84. The van der Waals surface area contributed by atoms with Crippen LogP contribution in [-0.2, 0) is 11.2 Å². The molecule has 0 saturated carbocycles. The lowest BCUT2D eigenvalue weighted by Crippen LogP contribution is -2.15. The van der Waals surface area contributed by atoms with Gasteiger partial charge in [0.25, 0.3) is 0 Å². The van der Waals surface area contributed by atoms with E-state index in [1.54, 1.807) is 0 Å². The molecule has 2 rings (SSSR count). The predicted molar refractivity (Wildman–Crippen MR) is 57.0 cm³/mol. The lowest BCUT2D eigenvalue weighted by Gasteiger charge is -2.12. The van der Waals surface area contributed by atoms with Crippen LogP contribution in [0.5, 0.6) is 0 Å². The Morgan fingerprint density at radius 3 is 2.60 bits per heavy atom. The quantitative estimate of drug-likeness (QED) is 0.720. The molecule has 0 saturated heterocycles. The van der Waals surface area contributed by atoms with E-state index in [2.05, 4.69) is 0 Å². The third kappa shape index (κ3) is 2.40. The smallest absolute Gasteiger partial charge is 0.163 e. The molecule has 0 spiro atoms. The van der Waals surface area contributed by atoms with Gasteiger partial charge >= 0.3 is 0 Å². The van der Waals surface area contributed by atoms with Gasteiger partial charge in [-0.05, 0) is 30.2 Å². The highest BCUT2D eigenvalue weighted by Crippen LogP contribution is 2.18. The van der Waals surface area contributed by atoms with Crippen LogP contribution in [0.15, 0.2) is 54.4 Å². The molecule has 0 amide bonds. The summed E-state index contributed by atoms with van der Waals surface area (Å²) in [6, 6.07) is 9.63. The Balaban J connectivity index is 2.13. The van der Waals surface area contributed by atoms with E-state index in [-0.39, 0.29) is 17.5 Å². The van der Waals surface area contributed by atoms with Crippen LogP contribution in [0, 0.1) is 5.92 Å². The van der Waals surface area contributed by atoms with Crippen LogP contribution in [0.25, 0.3) is 0 Å². The number of ketones is 1. The summed E-state index contributed by atoms with van der Waals surface area (Å²) in [7, 11) is 0. The fraction of sp³-hybridized carbons (Fsp3) is 0.154. The SMILES string of the molecule is O=C1C=CC(F)=CC1Cc1ccccc1. The molecule has 15 heavy (non-hydrogen) atoms. The van der Waals surface area contributed by atoms with Crippen molar-refractivity contribution in [1.29, 1.82) is 0 Å². The van der Waals surface area contributed by atoms with Crippen molar-refractivity contribution in [3.8, 4) is 0 Å². The highest BCUT2D eigenvalue weighted by atomic mass is 19.1. The van der Waals surface area contributed by atoms with Crippen molar-refractivity contribution in [2.75, 3.05) is 0 Å². The largest absolute Gasteiger partial charge is 0.294 e. The van der Waals surface area contributed by atoms with Gasteiger partial charge < -0.3 is 0 Å². The van der Waals surface area contributed by atoms with E-state index in [0.29, 0.717) is 6.42 Å². The number of allylic oxidation sites excluding steroid dienone is 4. The fourth-order valence-corrected chi connectivity index (χ4v) is 1.64. The Kier molecular flexibility index (Phi) is 2.77. The maximum Gasteiger partial charge on any atom is 0.163 e. The van der Waals surface area contributed by atoms with Crippen molar-refractivity contribution in [3.05, 3.63) is 60.0 Å². The molecule has 1 aromatic carbocycles. The van der Waals surface area contributed by atoms with Gasteiger partial charge in [0, 0.05) is 5.92 Å². The topological polar surface area (TPSA) is 17.1 Å². The van der Waals surface area contributed by atoms with Crippen molar-refractivity contribution in [3.63, 3.8) is 0 Å². The number of rotatable bonds is 2. The number of hydrogen-bond acceptors (Lipinski definition) is 1. The zero-order valence-corrected chi connectivity index (χ0v) is 8.19. The second-order valence-electron chi connectivity index (χ2n) is 3.58. The van der Waals surface area contributed by atoms with Crippen LogP contribution in [0.3, 0.4) is 0 Å². The second kappa shape index (κ2) is 4.22. The van der Waals surface area contributed by atoms with Crippen LogP contribution < -0.4 is 0 Å². The van der Waals surface area contributed by atoms with Crippen LogP contribution >= 0.6 is 0 Å². The van der Waals surface area contributed by atoms with Gasteiger partial charge in [0.15, 0.2) is 5.78 Å². The summed E-state index contributed by atoms with van der Waals surface area (Å²) in [6.07, 6.45) is 4.47. The van der Waals surface area contributed by atoms with E-state index in [1.165, 1.54) is 18.2 Å². The molecule has 0 aromatic heterocycles. The first-order valence-corrected chi connectivity index (χ1v) is 4.89. The molecule has 1 unspecified atom stereocenters. The Morgan fingerprint density at radius 2 is 1.87 bits per heavy atom. The van der Waals surface area contributed by atoms with Crippen molar-refractivity contribution in [2.24, 2.45) is 5.92 Å². The van der Waals surface area contributed by atoms with Gasteiger partial charge in [-0.3, -0.25) is 4.79 Å². The van der Waals surface area contributed by atoms with E-state index in [9.17, 15) is 9.18 Å². The molecule has 0 N–H and O–H groups in total. The lowest BCUT2D eigenvalue weighted by molar-refractivity contribution is -0.117. The Morgan fingerprint density at radius 1 is 1.13 bits per heavy atom. The van der Waals surface area contributed by atoms with E-state index >= 15 is 0 Å². The summed E-state index contributed by atoms with van der Waals surface area (Å²) in [6.45, 7) is 0. The normalized spacial score (nSPS) is 20.2. The van der Waals surface area contributed by atoms with Crippen LogP contribution in [0.4, 0.5) is 4.39 Å². The zero-order chi connectivity index (χ0) is 10.7. The molecule has 1 atom stereocenters. The van der Waals surface area contributed by atoms with Crippen LogP contribution in [-0.4, -0.2) is 5.78 Å². The third-order valence-electron chi connectivity index (χ3n) is 2.43. The molecule has 0 bridgehead atoms. The summed E-state index contributed by atoms with van der Waals surface area (Å²) in [5.41, 5.74) is 1.05. The maximum absolute atomic E-state index is 12.9. The average molecular weight is 202 g/mol.